The van der Waals surface area contributed by atoms with Crippen LogP contribution in [0.4, 0.5) is 0 Å². The van der Waals surface area contributed by atoms with Gasteiger partial charge in [-0.05, 0) is 80.8 Å². The molecule has 4 saturated carbocycles. The van der Waals surface area contributed by atoms with Crippen LogP contribution in [0.3, 0.4) is 0 Å². The summed E-state index contributed by atoms with van der Waals surface area (Å²) in [5.41, 5.74) is 1.57. The van der Waals surface area contributed by atoms with Gasteiger partial charge in [0.1, 0.15) is 5.75 Å². The second kappa shape index (κ2) is 4.98. The normalized spacial score (nSPS) is 38.6. The van der Waals surface area contributed by atoms with Crippen LogP contribution in [0.1, 0.15) is 51.1 Å². The van der Waals surface area contributed by atoms with Crippen molar-refractivity contribution in [2.45, 2.75) is 58.0 Å². The monoisotopic (exact) mass is 286 g/mol. The zero-order chi connectivity index (χ0) is 14.4. The molecule has 4 bridgehead atoms. The summed E-state index contributed by atoms with van der Waals surface area (Å²) in [5.74, 6) is 3.26. The van der Waals surface area contributed by atoms with Gasteiger partial charge in [-0.2, -0.15) is 0 Å². The minimum atomic E-state index is 0.243. The molecule has 0 saturated heterocycles. The van der Waals surface area contributed by atoms with E-state index in [9.17, 15) is 5.11 Å². The molecule has 3 nitrogen and oxygen atoms in total. The zero-order valence-electron chi connectivity index (χ0n) is 12.9. The third-order valence-electron chi connectivity index (χ3n) is 6.40. The number of pyridine rings is 1. The first-order valence-corrected chi connectivity index (χ1v) is 8.50. The zero-order valence-corrected chi connectivity index (χ0v) is 12.9. The van der Waals surface area contributed by atoms with Crippen molar-refractivity contribution in [3.63, 3.8) is 0 Å². The van der Waals surface area contributed by atoms with Gasteiger partial charge in [0.25, 0.3) is 0 Å². The molecule has 0 amide bonds. The SMILES string of the molecule is CC(NCc1ccc(O)cn1)C12CC3CC(CC(C3)C1)C2. The summed E-state index contributed by atoms with van der Waals surface area (Å²) >= 11 is 0. The van der Waals surface area contributed by atoms with E-state index in [0.29, 0.717) is 11.5 Å². The maximum absolute atomic E-state index is 9.30. The predicted octanol–water partition coefficient (Wildman–Crippen LogP) is 3.48. The van der Waals surface area contributed by atoms with E-state index in [1.165, 1.54) is 44.7 Å². The predicted molar refractivity (Wildman–Crippen MR) is 82.8 cm³/mol. The van der Waals surface area contributed by atoms with Gasteiger partial charge in [-0.25, -0.2) is 0 Å². The molecule has 1 unspecified atom stereocenters. The molecular weight excluding hydrogens is 260 g/mol. The molecule has 4 aliphatic carbocycles. The highest BCUT2D eigenvalue weighted by atomic mass is 16.3. The molecule has 0 radical (unpaired) electrons. The van der Waals surface area contributed by atoms with Gasteiger partial charge in [0, 0.05) is 12.6 Å². The third-order valence-corrected chi connectivity index (χ3v) is 6.40. The lowest BCUT2D eigenvalue weighted by molar-refractivity contribution is -0.0707. The minimum absolute atomic E-state index is 0.243. The second-order valence-corrected chi connectivity index (χ2v) is 7.89. The van der Waals surface area contributed by atoms with Crippen molar-refractivity contribution < 1.29 is 5.11 Å². The summed E-state index contributed by atoms with van der Waals surface area (Å²) in [6, 6.07) is 4.20. The minimum Gasteiger partial charge on any atom is -0.506 e. The summed E-state index contributed by atoms with van der Waals surface area (Å²) < 4.78 is 0. The van der Waals surface area contributed by atoms with Crippen molar-refractivity contribution in [1.29, 1.82) is 0 Å². The Morgan fingerprint density at radius 1 is 1.19 bits per heavy atom. The van der Waals surface area contributed by atoms with Crippen LogP contribution in [-0.2, 0) is 6.54 Å². The lowest BCUT2D eigenvalue weighted by Gasteiger charge is -2.59. The van der Waals surface area contributed by atoms with Crippen molar-refractivity contribution in [3.05, 3.63) is 24.0 Å². The van der Waals surface area contributed by atoms with Gasteiger partial charge >= 0.3 is 0 Å². The van der Waals surface area contributed by atoms with Gasteiger partial charge in [0.15, 0.2) is 0 Å². The van der Waals surface area contributed by atoms with Crippen LogP contribution in [0.5, 0.6) is 5.75 Å². The summed E-state index contributed by atoms with van der Waals surface area (Å²) in [6.45, 7) is 3.19. The number of nitrogens with zero attached hydrogens (tertiary/aromatic N) is 1. The average Bonchev–Trinajstić information content (AvgIpc) is 2.45. The van der Waals surface area contributed by atoms with Gasteiger partial charge in [0.2, 0.25) is 0 Å². The molecule has 21 heavy (non-hydrogen) atoms. The van der Waals surface area contributed by atoms with E-state index in [2.05, 4.69) is 17.2 Å². The highest BCUT2D eigenvalue weighted by Gasteiger charge is 2.52. The highest BCUT2D eigenvalue weighted by Crippen LogP contribution is 2.61. The summed E-state index contributed by atoms with van der Waals surface area (Å²) in [4.78, 5) is 4.28. The molecule has 1 atom stereocenters. The molecule has 114 valence electrons. The fourth-order valence-corrected chi connectivity index (χ4v) is 5.70. The van der Waals surface area contributed by atoms with E-state index in [1.54, 1.807) is 6.07 Å². The van der Waals surface area contributed by atoms with Crippen LogP contribution in [0, 0.1) is 23.2 Å². The van der Waals surface area contributed by atoms with Crippen LogP contribution in [0.25, 0.3) is 0 Å². The number of aromatic nitrogens is 1. The molecule has 2 N–H and O–H groups in total. The maximum atomic E-state index is 9.30. The Labute approximate surface area is 127 Å². The number of hydrogen-bond acceptors (Lipinski definition) is 3. The van der Waals surface area contributed by atoms with Crippen LogP contribution in [0.15, 0.2) is 18.3 Å². The Morgan fingerprint density at radius 2 is 1.81 bits per heavy atom. The quantitative estimate of drug-likeness (QED) is 0.890. The fourth-order valence-electron chi connectivity index (χ4n) is 5.70. The molecule has 5 rings (SSSR count). The largest absolute Gasteiger partial charge is 0.506 e. The molecule has 0 aliphatic heterocycles. The van der Waals surface area contributed by atoms with Crippen molar-refractivity contribution in [3.8, 4) is 5.75 Å². The Morgan fingerprint density at radius 3 is 2.33 bits per heavy atom. The topological polar surface area (TPSA) is 45.1 Å². The van der Waals surface area contributed by atoms with Crippen molar-refractivity contribution in [2.75, 3.05) is 0 Å². The summed E-state index contributed by atoms with van der Waals surface area (Å²) in [6.07, 6.45) is 10.4. The third kappa shape index (κ3) is 2.46. The smallest absolute Gasteiger partial charge is 0.133 e. The summed E-state index contributed by atoms with van der Waals surface area (Å²) in [5, 5.41) is 13.0. The van der Waals surface area contributed by atoms with E-state index in [4.69, 9.17) is 0 Å². The standard InChI is InChI=1S/C18H26N2O/c1-12(19-10-16-2-3-17(21)11-20-16)18-7-13-4-14(8-18)6-15(5-13)9-18/h2-3,11-15,19,21H,4-10H2,1H3. The summed E-state index contributed by atoms with van der Waals surface area (Å²) in [7, 11) is 0. The van der Waals surface area contributed by atoms with Crippen molar-refractivity contribution in [2.24, 2.45) is 23.2 Å². The molecule has 0 aromatic carbocycles. The fraction of sp³-hybridized carbons (Fsp3) is 0.722. The van der Waals surface area contributed by atoms with E-state index < -0.39 is 0 Å². The molecule has 0 spiro atoms. The van der Waals surface area contributed by atoms with E-state index in [1.807, 2.05) is 6.07 Å². The van der Waals surface area contributed by atoms with Crippen molar-refractivity contribution >= 4 is 0 Å². The number of rotatable bonds is 4. The average molecular weight is 286 g/mol. The first-order chi connectivity index (χ1) is 10.1. The molecule has 4 fully saturated rings. The first-order valence-electron chi connectivity index (χ1n) is 8.50. The number of aromatic hydroxyl groups is 1. The lowest BCUT2D eigenvalue weighted by atomic mass is 9.48. The molecule has 1 aromatic rings. The molecule has 4 aliphatic rings. The molecule has 1 heterocycles. The Balaban J connectivity index is 1.42. The number of nitrogens with one attached hydrogen (secondary N) is 1. The van der Waals surface area contributed by atoms with E-state index in [-0.39, 0.29) is 5.75 Å². The van der Waals surface area contributed by atoms with Crippen LogP contribution in [0.2, 0.25) is 0 Å². The van der Waals surface area contributed by atoms with Crippen LogP contribution >= 0.6 is 0 Å². The maximum Gasteiger partial charge on any atom is 0.133 e. The lowest BCUT2D eigenvalue weighted by Crippen LogP contribution is -2.54. The molecule has 3 heteroatoms. The Hall–Kier alpha value is -1.09. The van der Waals surface area contributed by atoms with Crippen molar-refractivity contribution in [1.82, 2.24) is 10.3 Å². The van der Waals surface area contributed by atoms with Gasteiger partial charge in [-0.1, -0.05) is 0 Å². The highest BCUT2D eigenvalue weighted by molar-refractivity contribution is 5.18. The van der Waals surface area contributed by atoms with Gasteiger partial charge < -0.3 is 10.4 Å². The van der Waals surface area contributed by atoms with Gasteiger partial charge in [-0.15, -0.1) is 0 Å². The van der Waals surface area contributed by atoms with Gasteiger partial charge in [-0.3, -0.25) is 4.98 Å². The molecular formula is C18H26N2O. The first kappa shape index (κ1) is 13.6. The Bertz CT molecular complexity index is 475. The molecule has 1 aromatic heterocycles. The Kier molecular flexibility index (Phi) is 3.21. The van der Waals surface area contributed by atoms with E-state index in [0.717, 1.165) is 30.0 Å². The second-order valence-electron chi connectivity index (χ2n) is 7.89. The van der Waals surface area contributed by atoms with Gasteiger partial charge in [0.05, 0.1) is 11.9 Å². The van der Waals surface area contributed by atoms with Crippen LogP contribution in [-0.4, -0.2) is 16.1 Å². The van der Waals surface area contributed by atoms with E-state index >= 15 is 0 Å². The number of hydrogen-bond donors (Lipinski definition) is 2. The van der Waals surface area contributed by atoms with Crippen LogP contribution < -0.4 is 5.32 Å².